The standard InChI is InChI=1S/C9H13ClN2O/c1-11-4-2-6-13-9-7-8(10)3-5-12-9/h3,5,7,11H,2,4,6H2,1H3. The lowest BCUT2D eigenvalue weighted by atomic mass is 10.4. The Morgan fingerprint density at radius 1 is 1.62 bits per heavy atom. The summed E-state index contributed by atoms with van der Waals surface area (Å²) in [7, 11) is 1.91. The van der Waals surface area contributed by atoms with E-state index in [-0.39, 0.29) is 0 Å². The minimum absolute atomic E-state index is 0.587. The Balaban J connectivity index is 2.28. The van der Waals surface area contributed by atoms with Gasteiger partial charge in [-0.1, -0.05) is 11.6 Å². The lowest BCUT2D eigenvalue weighted by Crippen LogP contribution is -2.11. The first kappa shape index (κ1) is 10.3. The molecular formula is C9H13ClN2O. The van der Waals surface area contributed by atoms with Gasteiger partial charge in [-0.25, -0.2) is 4.98 Å². The second kappa shape index (κ2) is 5.78. The fourth-order valence-corrected chi connectivity index (χ4v) is 1.04. The summed E-state index contributed by atoms with van der Waals surface area (Å²) in [5.41, 5.74) is 0. The van der Waals surface area contributed by atoms with Crippen molar-refractivity contribution in [2.75, 3.05) is 20.2 Å². The Hall–Kier alpha value is -0.800. The second-order valence-electron chi connectivity index (χ2n) is 2.62. The van der Waals surface area contributed by atoms with Gasteiger partial charge in [0.1, 0.15) is 0 Å². The largest absolute Gasteiger partial charge is 0.478 e. The van der Waals surface area contributed by atoms with Crippen LogP contribution < -0.4 is 10.1 Å². The molecule has 0 aliphatic carbocycles. The average Bonchev–Trinajstić information content (AvgIpc) is 2.13. The van der Waals surface area contributed by atoms with Crippen LogP contribution in [0.5, 0.6) is 5.88 Å². The number of hydrogen-bond donors (Lipinski definition) is 1. The molecule has 1 aromatic rings. The summed E-state index contributed by atoms with van der Waals surface area (Å²) in [6.45, 7) is 1.61. The predicted octanol–water partition coefficient (Wildman–Crippen LogP) is 1.72. The Morgan fingerprint density at radius 2 is 2.46 bits per heavy atom. The molecule has 0 aliphatic rings. The van der Waals surface area contributed by atoms with Crippen LogP contribution in [0.4, 0.5) is 0 Å². The van der Waals surface area contributed by atoms with Crippen LogP contribution in [0.25, 0.3) is 0 Å². The van der Waals surface area contributed by atoms with Gasteiger partial charge in [-0.15, -0.1) is 0 Å². The van der Waals surface area contributed by atoms with E-state index in [1.807, 2.05) is 7.05 Å². The lowest BCUT2D eigenvalue weighted by Gasteiger charge is -2.04. The summed E-state index contributed by atoms with van der Waals surface area (Å²) in [6, 6.07) is 3.43. The minimum atomic E-state index is 0.587. The van der Waals surface area contributed by atoms with Crippen LogP contribution in [-0.4, -0.2) is 25.2 Å². The smallest absolute Gasteiger partial charge is 0.214 e. The number of nitrogens with one attached hydrogen (secondary N) is 1. The summed E-state index contributed by atoms with van der Waals surface area (Å²) in [4.78, 5) is 4.01. The van der Waals surface area contributed by atoms with E-state index in [2.05, 4.69) is 10.3 Å². The van der Waals surface area contributed by atoms with Crippen molar-refractivity contribution in [2.45, 2.75) is 6.42 Å². The van der Waals surface area contributed by atoms with E-state index in [1.165, 1.54) is 0 Å². The molecule has 4 heteroatoms. The summed E-state index contributed by atoms with van der Waals surface area (Å²) in [6.07, 6.45) is 2.60. The number of aromatic nitrogens is 1. The molecule has 0 bridgehead atoms. The number of ether oxygens (including phenoxy) is 1. The van der Waals surface area contributed by atoms with Gasteiger partial charge < -0.3 is 10.1 Å². The molecule has 72 valence electrons. The zero-order valence-corrected chi connectivity index (χ0v) is 8.34. The molecule has 0 unspecified atom stereocenters. The van der Waals surface area contributed by atoms with E-state index in [9.17, 15) is 0 Å². The van der Waals surface area contributed by atoms with Crippen LogP contribution in [0, 0.1) is 0 Å². The fraction of sp³-hybridized carbons (Fsp3) is 0.444. The summed E-state index contributed by atoms with van der Waals surface area (Å²) in [5.74, 6) is 0.587. The van der Waals surface area contributed by atoms with Crippen molar-refractivity contribution in [3.8, 4) is 5.88 Å². The Labute approximate surface area is 83.1 Å². The topological polar surface area (TPSA) is 34.1 Å². The number of pyridine rings is 1. The molecule has 0 aliphatic heterocycles. The fourth-order valence-electron chi connectivity index (χ4n) is 0.890. The van der Waals surface area contributed by atoms with E-state index < -0.39 is 0 Å². The molecule has 0 amide bonds. The van der Waals surface area contributed by atoms with E-state index >= 15 is 0 Å². The van der Waals surface area contributed by atoms with Crippen molar-refractivity contribution in [1.29, 1.82) is 0 Å². The first-order valence-corrected chi connectivity index (χ1v) is 4.59. The van der Waals surface area contributed by atoms with Crippen LogP contribution in [0.15, 0.2) is 18.3 Å². The van der Waals surface area contributed by atoms with Gasteiger partial charge in [-0.2, -0.15) is 0 Å². The zero-order valence-electron chi connectivity index (χ0n) is 7.59. The zero-order chi connectivity index (χ0) is 9.52. The van der Waals surface area contributed by atoms with Gasteiger partial charge in [-0.05, 0) is 26.1 Å². The first-order chi connectivity index (χ1) is 6.33. The highest BCUT2D eigenvalue weighted by Gasteiger charge is 1.95. The van der Waals surface area contributed by atoms with Crippen LogP contribution in [-0.2, 0) is 0 Å². The molecular weight excluding hydrogens is 188 g/mol. The van der Waals surface area contributed by atoms with E-state index in [1.54, 1.807) is 18.3 Å². The number of halogens is 1. The van der Waals surface area contributed by atoms with Gasteiger partial charge >= 0.3 is 0 Å². The van der Waals surface area contributed by atoms with Gasteiger partial charge in [0.05, 0.1) is 6.61 Å². The van der Waals surface area contributed by atoms with Crippen LogP contribution in [0.3, 0.4) is 0 Å². The van der Waals surface area contributed by atoms with Gasteiger partial charge in [0.15, 0.2) is 0 Å². The van der Waals surface area contributed by atoms with E-state index in [0.717, 1.165) is 13.0 Å². The summed E-state index contributed by atoms with van der Waals surface area (Å²) >= 11 is 5.75. The van der Waals surface area contributed by atoms with Gasteiger partial charge in [0.2, 0.25) is 5.88 Å². The van der Waals surface area contributed by atoms with Crippen molar-refractivity contribution < 1.29 is 4.74 Å². The SMILES string of the molecule is CNCCCOc1cc(Cl)ccn1. The summed E-state index contributed by atoms with van der Waals surface area (Å²) in [5, 5.41) is 3.69. The molecule has 0 saturated carbocycles. The number of nitrogens with zero attached hydrogens (tertiary/aromatic N) is 1. The lowest BCUT2D eigenvalue weighted by molar-refractivity contribution is 0.298. The predicted molar refractivity (Wildman–Crippen MR) is 53.3 cm³/mol. The second-order valence-corrected chi connectivity index (χ2v) is 3.05. The van der Waals surface area contributed by atoms with Crippen molar-refractivity contribution >= 4 is 11.6 Å². The molecule has 1 N–H and O–H groups in total. The Kier molecular flexibility index (Phi) is 4.57. The molecule has 0 radical (unpaired) electrons. The monoisotopic (exact) mass is 200 g/mol. The number of rotatable bonds is 5. The Morgan fingerprint density at radius 3 is 3.15 bits per heavy atom. The average molecular weight is 201 g/mol. The van der Waals surface area contributed by atoms with Crippen molar-refractivity contribution in [1.82, 2.24) is 10.3 Å². The van der Waals surface area contributed by atoms with Crippen LogP contribution in [0.2, 0.25) is 5.02 Å². The molecule has 1 aromatic heterocycles. The maximum atomic E-state index is 5.75. The van der Waals surface area contributed by atoms with E-state index in [0.29, 0.717) is 17.5 Å². The Bertz CT molecular complexity index is 255. The van der Waals surface area contributed by atoms with Crippen molar-refractivity contribution in [3.63, 3.8) is 0 Å². The molecule has 1 heterocycles. The highest BCUT2D eigenvalue weighted by Crippen LogP contribution is 2.13. The maximum Gasteiger partial charge on any atom is 0.214 e. The minimum Gasteiger partial charge on any atom is -0.478 e. The molecule has 0 saturated heterocycles. The number of hydrogen-bond acceptors (Lipinski definition) is 3. The highest BCUT2D eigenvalue weighted by atomic mass is 35.5. The molecule has 1 rings (SSSR count). The highest BCUT2D eigenvalue weighted by molar-refractivity contribution is 6.30. The molecule has 0 spiro atoms. The third-order valence-corrected chi connectivity index (χ3v) is 1.75. The van der Waals surface area contributed by atoms with Crippen molar-refractivity contribution in [2.24, 2.45) is 0 Å². The third kappa shape index (κ3) is 4.10. The molecule has 0 aromatic carbocycles. The molecule has 0 fully saturated rings. The van der Waals surface area contributed by atoms with Gasteiger partial charge in [-0.3, -0.25) is 0 Å². The molecule has 3 nitrogen and oxygen atoms in total. The molecule has 0 atom stereocenters. The maximum absolute atomic E-state index is 5.75. The van der Waals surface area contributed by atoms with Crippen molar-refractivity contribution in [3.05, 3.63) is 23.4 Å². The van der Waals surface area contributed by atoms with Gasteiger partial charge in [0, 0.05) is 17.3 Å². The summed E-state index contributed by atoms with van der Waals surface area (Å²) < 4.78 is 5.35. The third-order valence-electron chi connectivity index (χ3n) is 1.52. The van der Waals surface area contributed by atoms with Crippen LogP contribution in [0.1, 0.15) is 6.42 Å². The normalized spacial score (nSPS) is 10.0. The molecule has 13 heavy (non-hydrogen) atoms. The quantitative estimate of drug-likeness (QED) is 0.736. The van der Waals surface area contributed by atoms with Crippen LogP contribution >= 0.6 is 11.6 Å². The first-order valence-electron chi connectivity index (χ1n) is 4.22. The van der Waals surface area contributed by atoms with E-state index in [4.69, 9.17) is 16.3 Å². The van der Waals surface area contributed by atoms with Gasteiger partial charge in [0.25, 0.3) is 0 Å².